The van der Waals surface area contributed by atoms with Crippen LogP contribution in [-0.4, -0.2) is 33.7 Å². The third-order valence-electron chi connectivity index (χ3n) is 3.92. The predicted molar refractivity (Wildman–Crippen MR) is 94.7 cm³/mol. The maximum atomic E-state index is 12.8. The molecule has 0 saturated heterocycles. The lowest BCUT2D eigenvalue weighted by molar-refractivity contribution is -0.394. The number of benzene rings is 1. The summed E-state index contributed by atoms with van der Waals surface area (Å²) in [4.78, 5) is 35.0. The highest BCUT2D eigenvalue weighted by molar-refractivity contribution is 5.95. The van der Waals surface area contributed by atoms with Crippen molar-refractivity contribution in [2.45, 2.75) is 52.4 Å². The Balaban J connectivity index is 3.07. The summed E-state index contributed by atoms with van der Waals surface area (Å²) in [6.07, 6.45) is 5.66. The summed E-state index contributed by atoms with van der Waals surface area (Å²) >= 11 is 0. The van der Waals surface area contributed by atoms with Crippen LogP contribution in [0.2, 0.25) is 0 Å². The largest absolute Gasteiger partial charge is 0.339 e. The lowest BCUT2D eigenvalue weighted by Gasteiger charge is -2.22. The molecule has 0 unspecified atom stereocenters. The fraction of sp³-hybridized carbons (Fsp3) is 0.588. The number of hydrogen-bond donors (Lipinski definition) is 0. The number of amides is 1. The molecule has 25 heavy (non-hydrogen) atoms. The zero-order valence-electron chi connectivity index (χ0n) is 14.8. The van der Waals surface area contributed by atoms with Gasteiger partial charge in [0.25, 0.3) is 17.3 Å². The average molecular weight is 351 g/mol. The summed E-state index contributed by atoms with van der Waals surface area (Å²) in [5.41, 5.74) is -0.895. The highest BCUT2D eigenvalue weighted by Gasteiger charge is 2.23. The molecule has 1 aromatic carbocycles. The van der Waals surface area contributed by atoms with Gasteiger partial charge in [0.05, 0.1) is 21.5 Å². The van der Waals surface area contributed by atoms with Crippen LogP contribution in [0.1, 0.15) is 62.7 Å². The van der Waals surface area contributed by atoms with Crippen molar-refractivity contribution in [1.29, 1.82) is 0 Å². The second kappa shape index (κ2) is 10.4. The molecule has 138 valence electrons. The van der Waals surface area contributed by atoms with E-state index in [1.165, 1.54) is 0 Å². The number of carbonyl (C=O) groups is 1. The Bertz CT molecular complexity index is 576. The number of rotatable bonds is 11. The third kappa shape index (κ3) is 6.48. The molecule has 1 aromatic rings. The van der Waals surface area contributed by atoms with Gasteiger partial charge in [0.15, 0.2) is 0 Å². The van der Waals surface area contributed by atoms with Crippen molar-refractivity contribution in [2.75, 3.05) is 13.1 Å². The van der Waals surface area contributed by atoms with Crippen molar-refractivity contribution in [3.8, 4) is 0 Å². The molecule has 0 fully saturated rings. The Morgan fingerprint density at radius 3 is 1.68 bits per heavy atom. The van der Waals surface area contributed by atoms with Crippen LogP contribution in [0, 0.1) is 20.2 Å². The van der Waals surface area contributed by atoms with E-state index < -0.39 is 21.2 Å². The smallest absolute Gasteiger partial charge is 0.277 e. The molecule has 1 amide bonds. The standard InChI is InChI=1S/C17H25N3O5/c1-3-5-7-9-18(10-8-6-4-2)17(21)14-11-15(19(22)23)13-16(12-14)20(24)25/h11-13H,3-10H2,1-2H3. The van der Waals surface area contributed by atoms with E-state index >= 15 is 0 Å². The number of nitro groups is 2. The fourth-order valence-corrected chi connectivity index (χ4v) is 2.53. The van der Waals surface area contributed by atoms with E-state index in [0.29, 0.717) is 13.1 Å². The summed E-state index contributed by atoms with van der Waals surface area (Å²) < 4.78 is 0. The van der Waals surface area contributed by atoms with E-state index in [4.69, 9.17) is 0 Å². The van der Waals surface area contributed by atoms with Gasteiger partial charge in [-0.15, -0.1) is 0 Å². The normalized spacial score (nSPS) is 10.5. The SMILES string of the molecule is CCCCCN(CCCCC)C(=O)c1cc([N+](=O)[O-])cc([N+](=O)[O-])c1. The topological polar surface area (TPSA) is 107 Å². The summed E-state index contributed by atoms with van der Waals surface area (Å²) in [7, 11) is 0. The van der Waals surface area contributed by atoms with Crippen molar-refractivity contribution in [2.24, 2.45) is 0 Å². The lowest BCUT2D eigenvalue weighted by atomic mass is 10.1. The van der Waals surface area contributed by atoms with Crippen molar-refractivity contribution >= 4 is 17.3 Å². The zero-order valence-corrected chi connectivity index (χ0v) is 14.8. The quantitative estimate of drug-likeness (QED) is 0.335. The first-order valence-corrected chi connectivity index (χ1v) is 8.63. The maximum absolute atomic E-state index is 12.8. The minimum absolute atomic E-state index is 0.00565. The van der Waals surface area contributed by atoms with Gasteiger partial charge in [0, 0.05) is 25.2 Å². The second-order valence-corrected chi connectivity index (χ2v) is 5.96. The minimum atomic E-state index is -0.720. The van der Waals surface area contributed by atoms with Gasteiger partial charge in [-0.25, -0.2) is 0 Å². The van der Waals surface area contributed by atoms with E-state index in [1.54, 1.807) is 4.90 Å². The summed E-state index contributed by atoms with van der Waals surface area (Å²) in [6, 6.07) is 3.10. The molecule has 0 spiro atoms. The number of carbonyl (C=O) groups excluding carboxylic acids is 1. The first-order chi connectivity index (χ1) is 11.9. The molecule has 1 rings (SSSR count). The van der Waals surface area contributed by atoms with Crippen molar-refractivity contribution in [3.63, 3.8) is 0 Å². The van der Waals surface area contributed by atoms with Crippen LogP contribution in [0.4, 0.5) is 11.4 Å². The molecule has 0 aliphatic rings. The van der Waals surface area contributed by atoms with Crippen LogP contribution in [-0.2, 0) is 0 Å². The monoisotopic (exact) mass is 351 g/mol. The lowest BCUT2D eigenvalue weighted by Crippen LogP contribution is -2.33. The highest BCUT2D eigenvalue weighted by atomic mass is 16.6. The number of non-ortho nitro benzene ring substituents is 2. The minimum Gasteiger partial charge on any atom is -0.339 e. The second-order valence-electron chi connectivity index (χ2n) is 5.96. The van der Waals surface area contributed by atoms with Gasteiger partial charge >= 0.3 is 0 Å². The molecule has 0 heterocycles. The van der Waals surface area contributed by atoms with Gasteiger partial charge in [0.2, 0.25) is 0 Å². The van der Waals surface area contributed by atoms with Crippen LogP contribution in [0.3, 0.4) is 0 Å². The van der Waals surface area contributed by atoms with E-state index in [1.807, 2.05) is 0 Å². The molecule has 0 aromatic heterocycles. The van der Waals surface area contributed by atoms with Gasteiger partial charge in [-0.1, -0.05) is 39.5 Å². The predicted octanol–water partition coefficient (Wildman–Crippen LogP) is 4.33. The number of hydrogen-bond acceptors (Lipinski definition) is 5. The Morgan fingerprint density at radius 2 is 1.32 bits per heavy atom. The van der Waals surface area contributed by atoms with Crippen molar-refractivity contribution in [1.82, 2.24) is 4.90 Å². The van der Waals surface area contributed by atoms with Gasteiger partial charge in [0.1, 0.15) is 0 Å². The van der Waals surface area contributed by atoms with E-state index in [9.17, 15) is 25.0 Å². The summed E-state index contributed by atoms with van der Waals surface area (Å²) in [6.45, 7) is 5.22. The summed E-state index contributed by atoms with van der Waals surface area (Å²) in [5.74, 6) is -0.390. The highest BCUT2D eigenvalue weighted by Crippen LogP contribution is 2.24. The number of nitro benzene ring substituents is 2. The first kappa shape index (κ1) is 20.5. The fourth-order valence-electron chi connectivity index (χ4n) is 2.53. The van der Waals surface area contributed by atoms with Crippen LogP contribution >= 0.6 is 0 Å². The molecule has 8 nitrogen and oxygen atoms in total. The summed E-state index contributed by atoms with van der Waals surface area (Å²) in [5, 5.41) is 22.0. The average Bonchev–Trinajstić information content (AvgIpc) is 2.59. The molecule has 0 atom stereocenters. The van der Waals surface area contributed by atoms with Gasteiger partial charge in [-0.05, 0) is 12.8 Å². The Kier molecular flexibility index (Phi) is 8.52. The molecular weight excluding hydrogens is 326 g/mol. The van der Waals surface area contributed by atoms with E-state index in [2.05, 4.69) is 13.8 Å². The molecular formula is C17H25N3O5. The van der Waals surface area contributed by atoms with Crippen LogP contribution in [0.15, 0.2) is 18.2 Å². The van der Waals surface area contributed by atoms with Crippen LogP contribution in [0.25, 0.3) is 0 Å². The molecule has 0 aliphatic heterocycles. The molecule has 0 N–H and O–H groups in total. The molecule has 0 saturated carbocycles. The molecule has 0 bridgehead atoms. The maximum Gasteiger partial charge on any atom is 0.277 e. The molecule has 8 heteroatoms. The van der Waals surface area contributed by atoms with Crippen molar-refractivity contribution in [3.05, 3.63) is 44.0 Å². The Morgan fingerprint density at radius 1 is 0.880 bits per heavy atom. The van der Waals surface area contributed by atoms with Crippen LogP contribution < -0.4 is 0 Å². The Labute approximate surface area is 147 Å². The van der Waals surface area contributed by atoms with Gasteiger partial charge in [-0.2, -0.15) is 0 Å². The van der Waals surface area contributed by atoms with E-state index in [-0.39, 0.29) is 11.5 Å². The zero-order chi connectivity index (χ0) is 18.8. The number of nitrogens with zero attached hydrogens (tertiary/aromatic N) is 3. The number of unbranched alkanes of at least 4 members (excludes halogenated alkanes) is 4. The van der Waals surface area contributed by atoms with Crippen LogP contribution in [0.5, 0.6) is 0 Å². The Hall–Kier alpha value is -2.51. The van der Waals surface area contributed by atoms with Gasteiger partial charge in [-0.3, -0.25) is 25.0 Å². The van der Waals surface area contributed by atoms with E-state index in [0.717, 1.165) is 56.7 Å². The molecule has 0 aliphatic carbocycles. The molecule has 0 radical (unpaired) electrons. The van der Waals surface area contributed by atoms with Gasteiger partial charge < -0.3 is 4.90 Å². The van der Waals surface area contributed by atoms with Crippen molar-refractivity contribution < 1.29 is 14.6 Å². The first-order valence-electron chi connectivity index (χ1n) is 8.63. The third-order valence-corrected chi connectivity index (χ3v) is 3.92.